The molecule has 4 rings (SSSR count). The highest BCUT2D eigenvalue weighted by molar-refractivity contribution is 5.86. The predicted molar refractivity (Wildman–Crippen MR) is 141 cm³/mol. The van der Waals surface area contributed by atoms with E-state index < -0.39 is 23.7 Å². The Hall–Kier alpha value is -4.47. The van der Waals surface area contributed by atoms with Gasteiger partial charge in [0.25, 0.3) is 0 Å². The molecule has 39 heavy (non-hydrogen) atoms. The minimum absolute atomic E-state index is 0.197. The number of aryl methyl sites for hydroxylation is 1. The molecule has 0 saturated carbocycles. The molecule has 2 amide bonds. The number of nitrogens with two attached hydrogens (primary N) is 1. The van der Waals surface area contributed by atoms with Crippen molar-refractivity contribution in [3.05, 3.63) is 102 Å². The normalized spacial score (nSPS) is 12.2. The minimum Gasteiger partial charge on any atom is -0.368 e. The van der Waals surface area contributed by atoms with Gasteiger partial charge in [-0.1, -0.05) is 30.3 Å². The lowest BCUT2D eigenvalue weighted by Gasteiger charge is -2.15. The first-order valence-corrected chi connectivity index (χ1v) is 12.5. The summed E-state index contributed by atoms with van der Waals surface area (Å²) in [4.78, 5) is 28.5. The van der Waals surface area contributed by atoms with Gasteiger partial charge in [-0.3, -0.25) is 14.6 Å². The average molecular weight is 536 g/mol. The predicted octanol–water partition coefficient (Wildman–Crippen LogP) is 4.88. The van der Waals surface area contributed by atoms with Crippen LogP contribution in [-0.4, -0.2) is 32.6 Å². The number of benzene rings is 2. The van der Waals surface area contributed by atoms with Crippen LogP contribution in [0.3, 0.4) is 0 Å². The van der Waals surface area contributed by atoms with Gasteiger partial charge in [0.15, 0.2) is 0 Å². The van der Waals surface area contributed by atoms with Crippen LogP contribution in [0.5, 0.6) is 0 Å². The third-order valence-corrected chi connectivity index (χ3v) is 6.23. The molecule has 7 nitrogen and oxygen atoms in total. The van der Waals surface area contributed by atoms with Crippen LogP contribution in [-0.2, 0) is 28.6 Å². The van der Waals surface area contributed by atoms with E-state index in [1.807, 2.05) is 42.5 Å². The molecule has 1 atom stereocenters. The second-order valence-corrected chi connectivity index (χ2v) is 9.14. The van der Waals surface area contributed by atoms with Gasteiger partial charge in [0.05, 0.1) is 16.9 Å². The van der Waals surface area contributed by atoms with Crippen LogP contribution in [0, 0.1) is 0 Å². The van der Waals surface area contributed by atoms with Crippen molar-refractivity contribution in [2.75, 3.05) is 0 Å². The van der Waals surface area contributed by atoms with Crippen molar-refractivity contribution in [1.29, 1.82) is 0 Å². The van der Waals surface area contributed by atoms with Gasteiger partial charge in [-0.05, 0) is 67.3 Å². The Morgan fingerprint density at radius 3 is 2.36 bits per heavy atom. The number of amides is 2. The maximum Gasteiger partial charge on any atom is 0.416 e. The van der Waals surface area contributed by atoms with Gasteiger partial charge in [-0.25, -0.2) is 4.68 Å². The molecule has 0 aliphatic heterocycles. The number of primary amides is 1. The summed E-state index contributed by atoms with van der Waals surface area (Å²) in [6.45, 7) is 0. The van der Waals surface area contributed by atoms with E-state index in [0.717, 1.165) is 29.0 Å². The van der Waals surface area contributed by atoms with Gasteiger partial charge in [-0.2, -0.15) is 18.3 Å². The number of halogens is 3. The van der Waals surface area contributed by atoms with Crippen LogP contribution in [0.25, 0.3) is 16.9 Å². The van der Waals surface area contributed by atoms with Crippen LogP contribution in [0.15, 0.2) is 85.2 Å². The molecule has 0 aliphatic rings. The number of unbranched alkanes of at least 4 members (excludes halogenated alkanes) is 1. The first-order valence-electron chi connectivity index (χ1n) is 12.5. The molecule has 0 unspecified atom stereocenters. The van der Waals surface area contributed by atoms with Gasteiger partial charge in [-0.15, -0.1) is 0 Å². The Bertz CT molecular complexity index is 1390. The number of rotatable bonds is 11. The number of nitrogens with one attached hydrogen (secondary N) is 1. The Kier molecular flexibility index (Phi) is 8.75. The zero-order valence-corrected chi connectivity index (χ0v) is 21.1. The Balaban J connectivity index is 1.41. The fourth-order valence-corrected chi connectivity index (χ4v) is 4.20. The summed E-state index contributed by atoms with van der Waals surface area (Å²) in [6.07, 6.45) is 1.07. The standard InChI is InChI=1S/C29H28F3N5O2/c30-29(31,32)22-12-14-23(15-13-22)37-24(18-25(36-37)21-9-6-16-34-19-21)10-4-5-11-27(38)35-26(28(33)39)17-20-7-2-1-3-8-20/h1-3,6-9,12-16,18-19,26H,4-5,10-11,17H2,(H2,33,39)(H,35,38)/t26-/m0/s1. The molecular weight excluding hydrogens is 507 g/mol. The van der Waals surface area contributed by atoms with Crippen molar-refractivity contribution in [1.82, 2.24) is 20.1 Å². The Morgan fingerprint density at radius 2 is 1.72 bits per heavy atom. The second kappa shape index (κ2) is 12.4. The lowest BCUT2D eigenvalue weighted by molar-refractivity contribution is -0.137. The highest BCUT2D eigenvalue weighted by Gasteiger charge is 2.30. The van der Waals surface area contributed by atoms with Crippen molar-refractivity contribution in [3.63, 3.8) is 0 Å². The van der Waals surface area contributed by atoms with E-state index in [9.17, 15) is 22.8 Å². The van der Waals surface area contributed by atoms with Crippen LogP contribution >= 0.6 is 0 Å². The molecule has 4 aromatic rings. The van der Waals surface area contributed by atoms with Gasteiger partial charge in [0, 0.05) is 36.5 Å². The largest absolute Gasteiger partial charge is 0.416 e. The molecule has 0 radical (unpaired) electrons. The van der Waals surface area contributed by atoms with E-state index in [4.69, 9.17) is 5.73 Å². The summed E-state index contributed by atoms with van der Waals surface area (Å²) in [5.41, 5.74) is 8.34. The van der Waals surface area contributed by atoms with E-state index in [0.29, 0.717) is 37.1 Å². The molecule has 2 heterocycles. The maximum absolute atomic E-state index is 13.0. The fraction of sp³-hybridized carbons (Fsp3) is 0.241. The van der Waals surface area contributed by atoms with Gasteiger partial charge < -0.3 is 11.1 Å². The van der Waals surface area contributed by atoms with Crippen molar-refractivity contribution >= 4 is 11.8 Å². The Labute approximate surface area is 223 Å². The zero-order chi connectivity index (χ0) is 27.8. The summed E-state index contributed by atoms with van der Waals surface area (Å²) in [5.74, 6) is -0.877. The average Bonchev–Trinajstić information content (AvgIpc) is 3.35. The van der Waals surface area contributed by atoms with Crippen LogP contribution in [0.2, 0.25) is 0 Å². The van der Waals surface area contributed by atoms with Crippen molar-refractivity contribution in [2.45, 2.75) is 44.3 Å². The van der Waals surface area contributed by atoms with Crippen molar-refractivity contribution in [3.8, 4) is 16.9 Å². The third kappa shape index (κ3) is 7.53. The summed E-state index contributed by atoms with van der Waals surface area (Å²) in [6, 6.07) is 18.8. The quantitative estimate of drug-likeness (QED) is 0.267. The highest BCUT2D eigenvalue weighted by Crippen LogP contribution is 2.30. The number of carbonyl (C=O) groups is 2. The van der Waals surface area contributed by atoms with E-state index >= 15 is 0 Å². The molecule has 0 fully saturated rings. The SMILES string of the molecule is NC(=O)[C@H](Cc1ccccc1)NC(=O)CCCCc1cc(-c2cccnc2)nn1-c1ccc(C(F)(F)F)cc1. The second-order valence-electron chi connectivity index (χ2n) is 9.14. The molecule has 2 aromatic heterocycles. The van der Waals surface area contributed by atoms with Crippen molar-refractivity contribution in [2.24, 2.45) is 5.73 Å². The third-order valence-electron chi connectivity index (χ3n) is 6.23. The molecule has 0 aliphatic carbocycles. The summed E-state index contributed by atoms with van der Waals surface area (Å²) >= 11 is 0. The number of alkyl halides is 3. The highest BCUT2D eigenvalue weighted by atomic mass is 19.4. The molecule has 10 heteroatoms. The number of nitrogens with zero attached hydrogens (tertiary/aromatic N) is 3. The summed E-state index contributed by atoms with van der Waals surface area (Å²) in [5, 5.41) is 7.33. The molecule has 2 aromatic carbocycles. The van der Waals surface area contributed by atoms with E-state index in [1.165, 1.54) is 12.1 Å². The lowest BCUT2D eigenvalue weighted by Crippen LogP contribution is -2.45. The summed E-state index contributed by atoms with van der Waals surface area (Å²) in [7, 11) is 0. The van der Waals surface area contributed by atoms with Crippen LogP contribution in [0.1, 0.15) is 36.1 Å². The van der Waals surface area contributed by atoms with Crippen LogP contribution < -0.4 is 11.1 Å². The first kappa shape index (κ1) is 27.6. The topological polar surface area (TPSA) is 103 Å². The number of hydrogen-bond donors (Lipinski definition) is 2. The van der Waals surface area contributed by atoms with E-state index in [2.05, 4.69) is 15.4 Å². The smallest absolute Gasteiger partial charge is 0.368 e. The Morgan fingerprint density at radius 1 is 0.974 bits per heavy atom. The molecule has 202 valence electrons. The summed E-state index contributed by atoms with van der Waals surface area (Å²) < 4.78 is 40.7. The fourth-order valence-electron chi connectivity index (χ4n) is 4.20. The number of hydrogen-bond acceptors (Lipinski definition) is 4. The molecule has 0 bridgehead atoms. The van der Waals surface area contributed by atoms with Gasteiger partial charge in [0.2, 0.25) is 11.8 Å². The van der Waals surface area contributed by atoms with Crippen LogP contribution in [0.4, 0.5) is 13.2 Å². The van der Waals surface area contributed by atoms with E-state index in [1.54, 1.807) is 23.1 Å². The van der Waals surface area contributed by atoms with E-state index in [-0.39, 0.29) is 12.3 Å². The zero-order valence-electron chi connectivity index (χ0n) is 21.1. The lowest BCUT2D eigenvalue weighted by atomic mass is 10.0. The molecule has 3 N–H and O–H groups in total. The minimum atomic E-state index is -4.43. The molecular formula is C29H28F3N5O2. The number of aromatic nitrogens is 3. The molecule has 0 spiro atoms. The van der Waals surface area contributed by atoms with Crippen molar-refractivity contribution < 1.29 is 22.8 Å². The van der Waals surface area contributed by atoms with Gasteiger partial charge >= 0.3 is 6.18 Å². The molecule has 0 saturated heterocycles. The monoisotopic (exact) mass is 535 g/mol. The maximum atomic E-state index is 13.0. The first-order chi connectivity index (χ1) is 18.7. The number of pyridine rings is 1. The van der Waals surface area contributed by atoms with Gasteiger partial charge in [0.1, 0.15) is 6.04 Å². The number of carbonyl (C=O) groups excluding carboxylic acids is 2.